The van der Waals surface area contributed by atoms with Crippen LogP contribution < -0.4 is 5.32 Å². The SMILES string of the molecule is COC(=O)C1(Cl)O[C@@H]([C@H](OCc2ccccc2)[C@@H](COCc2ccccc2)OCc2ccccc2)[C@H](NC(C)=O)[C@@H](OCc2ccccc2)[C@@H]1Sc1ccccc1. The highest BCUT2D eigenvalue weighted by Gasteiger charge is 2.62. The Hall–Kier alpha value is -4.52. The van der Waals surface area contributed by atoms with E-state index in [0.717, 1.165) is 27.1 Å². The summed E-state index contributed by atoms with van der Waals surface area (Å²) in [6.07, 6.45) is -3.82. The minimum atomic E-state index is -2.11. The van der Waals surface area contributed by atoms with Crippen LogP contribution in [0.1, 0.15) is 29.2 Å². The van der Waals surface area contributed by atoms with Gasteiger partial charge < -0.3 is 33.7 Å². The van der Waals surface area contributed by atoms with Gasteiger partial charge in [0.15, 0.2) is 0 Å². The van der Waals surface area contributed by atoms with Crippen LogP contribution in [0.5, 0.6) is 0 Å². The number of hydrogen-bond acceptors (Lipinski definition) is 9. The Morgan fingerprint density at radius 2 is 1.18 bits per heavy atom. The zero-order chi connectivity index (χ0) is 39.9. The first kappa shape index (κ1) is 42.1. The van der Waals surface area contributed by atoms with E-state index in [1.54, 1.807) is 0 Å². The fourth-order valence-corrected chi connectivity index (χ4v) is 8.44. The van der Waals surface area contributed by atoms with E-state index in [1.165, 1.54) is 25.8 Å². The summed E-state index contributed by atoms with van der Waals surface area (Å²) in [5.74, 6) is -1.16. The standard InChI is InChI=1S/C46H48ClNO8S/c1-33(49)48-40-42(56-46(47,45(50)51-2)44(57-38-26-16-7-17-27-38)43(40)55-31-37-24-14-6-15-25-37)41(54-30-36-22-12-5-13-23-36)39(53-29-35-20-10-4-11-21-35)32-52-28-34-18-8-3-9-19-34/h3-27,39-44H,28-32H2,1-2H3,(H,48,49)/t39-,40+,41-,42-,43-,44+,46?/m1/s1. The Morgan fingerprint density at radius 3 is 1.68 bits per heavy atom. The lowest BCUT2D eigenvalue weighted by Gasteiger charge is -2.51. The number of halogens is 1. The maximum absolute atomic E-state index is 14.1. The molecule has 0 saturated carbocycles. The zero-order valence-corrected chi connectivity index (χ0v) is 33.6. The number of hydrogen-bond donors (Lipinski definition) is 1. The van der Waals surface area contributed by atoms with E-state index in [2.05, 4.69) is 5.32 Å². The highest BCUT2D eigenvalue weighted by molar-refractivity contribution is 8.00. The molecule has 298 valence electrons. The van der Waals surface area contributed by atoms with Crippen LogP contribution in [-0.4, -0.2) is 66.4 Å². The van der Waals surface area contributed by atoms with Crippen LogP contribution in [0.15, 0.2) is 157 Å². The van der Waals surface area contributed by atoms with Crippen molar-refractivity contribution in [2.24, 2.45) is 0 Å². The van der Waals surface area contributed by atoms with Crippen molar-refractivity contribution in [2.75, 3.05) is 13.7 Å². The van der Waals surface area contributed by atoms with Crippen LogP contribution in [0.3, 0.4) is 0 Å². The Kier molecular flexibility index (Phi) is 15.7. The van der Waals surface area contributed by atoms with E-state index in [4.69, 9.17) is 40.0 Å². The molecular formula is C46H48ClNO8S. The third-order valence-electron chi connectivity index (χ3n) is 9.48. The maximum atomic E-state index is 14.1. The summed E-state index contributed by atoms with van der Waals surface area (Å²) < 4.78 is 39.0. The van der Waals surface area contributed by atoms with Gasteiger partial charge in [-0.25, -0.2) is 4.79 Å². The second kappa shape index (κ2) is 21.3. The Balaban J connectivity index is 1.45. The molecule has 0 spiro atoms. The van der Waals surface area contributed by atoms with Gasteiger partial charge in [-0.05, 0) is 34.4 Å². The van der Waals surface area contributed by atoms with Gasteiger partial charge in [0.25, 0.3) is 5.06 Å². The molecule has 1 heterocycles. The summed E-state index contributed by atoms with van der Waals surface area (Å²) in [4.78, 5) is 28.1. The maximum Gasteiger partial charge on any atom is 0.355 e. The van der Waals surface area contributed by atoms with E-state index < -0.39 is 46.7 Å². The van der Waals surface area contributed by atoms with Gasteiger partial charge in [0, 0.05) is 11.8 Å². The molecule has 1 fully saturated rings. The molecule has 11 heteroatoms. The number of nitrogens with one attached hydrogen (secondary N) is 1. The summed E-state index contributed by atoms with van der Waals surface area (Å²) in [5.41, 5.74) is 3.69. The van der Waals surface area contributed by atoms with Crippen LogP contribution in [0, 0.1) is 0 Å². The Bertz CT molecular complexity index is 1950. The first-order valence-corrected chi connectivity index (χ1v) is 20.1. The number of methoxy groups -OCH3 is 1. The van der Waals surface area contributed by atoms with Gasteiger partial charge in [-0.1, -0.05) is 151 Å². The molecule has 0 aromatic heterocycles. The van der Waals surface area contributed by atoms with Gasteiger partial charge in [0.1, 0.15) is 18.3 Å². The largest absolute Gasteiger partial charge is 0.466 e. The van der Waals surface area contributed by atoms with Crippen molar-refractivity contribution in [1.82, 2.24) is 5.32 Å². The number of esters is 1. The van der Waals surface area contributed by atoms with E-state index >= 15 is 0 Å². The van der Waals surface area contributed by atoms with Gasteiger partial charge in [-0.2, -0.15) is 0 Å². The van der Waals surface area contributed by atoms with Crippen molar-refractivity contribution in [3.63, 3.8) is 0 Å². The molecule has 6 rings (SSSR count). The Labute approximate surface area is 343 Å². The van der Waals surface area contributed by atoms with Crippen molar-refractivity contribution >= 4 is 35.2 Å². The van der Waals surface area contributed by atoms with Crippen molar-refractivity contribution in [2.45, 2.75) is 79.0 Å². The molecule has 5 aromatic rings. The average Bonchev–Trinajstić information content (AvgIpc) is 3.25. The lowest BCUT2D eigenvalue weighted by atomic mass is 9.88. The molecule has 57 heavy (non-hydrogen) atoms. The zero-order valence-electron chi connectivity index (χ0n) is 32.0. The summed E-state index contributed by atoms with van der Waals surface area (Å²) >= 11 is 8.81. The topological polar surface area (TPSA) is 102 Å². The molecule has 1 N–H and O–H groups in total. The highest BCUT2D eigenvalue weighted by atomic mass is 35.5. The van der Waals surface area contributed by atoms with Crippen LogP contribution >= 0.6 is 23.4 Å². The van der Waals surface area contributed by atoms with Crippen molar-refractivity contribution in [1.29, 1.82) is 0 Å². The molecule has 1 saturated heterocycles. The smallest absolute Gasteiger partial charge is 0.355 e. The first-order valence-electron chi connectivity index (χ1n) is 18.9. The minimum Gasteiger partial charge on any atom is -0.466 e. The highest BCUT2D eigenvalue weighted by Crippen LogP contribution is 2.47. The molecule has 1 aliphatic heterocycles. The van der Waals surface area contributed by atoms with Crippen LogP contribution in [0.2, 0.25) is 0 Å². The average molecular weight is 810 g/mol. The molecule has 1 unspecified atom stereocenters. The summed E-state index contributed by atoms with van der Waals surface area (Å²) in [5, 5.41) is 0.0990. The third-order valence-corrected chi connectivity index (χ3v) is 11.5. The van der Waals surface area contributed by atoms with E-state index in [9.17, 15) is 9.59 Å². The second-order valence-electron chi connectivity index (χ2n) is 13.7. The van der Waals surface area contributed by atoms with Crippen LogP contribution in [0.25, 0.3) is 0 Å². The van der Waals surface area contributed by atoms with Gasteiger partial charge in [0.05, 0.1) is 57.5 Å². The first-order chi connectivity index (χ1) is 27.8. The molecule has 0 radical (unpaired) electrons. The van der Waals surface area contributed by atoms with Gasteiger partial charge in [-0.15, -0.1) is 11.8 Å². The van der Waals surface area contributed by atoms with Crippen molar-refractivity contribution in [3.05, 3.63) is 174 Å². The molecule has 5 aromatic carbocycles. The van der Waals surface area contributed by atoms with E-state index in [0.29, 0.717) is 6.61 Å². The monoisotopic (exact) mass is 809 g/mol. The summed E-state index contributed by atoms with van der Waals surface area (Å²) in [7, 11) is 1.27. The predicted molar refractivity (Wildman–Crippen MR) is 220 cm³/mol. The fraction of sp³-hybridized carbons (Fsp3) is 0.304. The number of carbonyl (C=O) groups is 2. The second-order valence-corrected chi connectivity index (χ2v) is 15.4. The fourth-order valence-electron chi connectivity index (χ4n) is 6.71. The number of alkyl halides is 1. The number of thioether (sulfide) groups is 1. The number of carbonyl (C=O) groups excluding carboxylic acids is 2. The molecule has 1 amide bonds. The predicted octanol–water partition coefficient (Wildman–Crippen LogP) is 8.13. The van der Waals surface area contributed by atoms with Gasteiger partial charge >= 0.3 is 5.97 Å². The quantitative estimate of drug-likeness (QED) is 0.0655. The third kappa shape index (κ3) is 11.8. The molecule has 7 atom stereocenters. The molecule has 9 nitrogen and oxygen atoms in total. The molecule has 1 aliphatic rings. The molecule has 0 aliphatic carbocycles. The number of rotatable bonds is 19. The van der Waals surface area contributed by atoms with E-state index in [-0.39, 0.29) is 32.3 Å². The van der Waals surface area contributed by atoms with Gasteiger partial charge in [0.2, 0.25) is 5.91 Å². The molecule has 0 bridgehead atoms. The lowest BCUT2D eigenvalue weighted by molar-refractivity contribution is -0.230. The van der Waals surface area contributed by atoms with Crippen LogP contribution in [0.4, 0.5) is 0 Å². The summed E-state index contributed by atoms with van der Waals surface area (Å²) in [6, 6.07) is 47.6. The minimum absolute atomic E-state index is 0.0685. The van der Waals surface area contributed by atoms with Gasteiger partial charge in [-0.3, -0.25) is 4.79 Å². The van der Waals surface area contributed by atoms with Crippen molar-refractivity contribution < 1.29 is 38.0 Å². The van der Waals surface area contributed by atoms with Crippen molar-refractivity contribution in [3.8, 4) is 0 Å². The van der Waals surface area contributed by atoms with Crippen LogP contribution in [-0.2, 0) is 64.4 Å². The molecular weight excluding hydrogens is 762 g/mol. The lowest BCUT2D eigenvalue weighted by Crippen LogP contribution is -2.72. The number of benzene rings is 5. The normalized spacial score (nSPS) is 21.6. The van der Waals surface area contributed by atoms with E-state index in [1.807, 2.05) is 152 Å². The number of ether oxygens (including phenoxy) is 6. The Morgan fingerprint density at radius 1 is 0.702 bits per heavy atom. The number of amides is 1. The summed E-state index contributed by atoms with van der Waals surface area (Å²) in [6.45, 7) is 2.31.